The molecule has 0 saturated heterocycles. The Balaban J connectivity index is 4.10. The van der Waals surface area contributed by atoms with E-state index in [-0.39, 0.29) is 12.4 Å². The van der Waals surface area contributed by atoms with Crippen LogP contribution in [0.15, 0.2) is 23.6 Å². The topological polar surface area (TPSA) is 26.0 Å². The zero-order valence-corrected chi connectivity index (χ0v) is 6.52. The highest BCUT2D eigenvalue weighted by molar-refractivity contribution is 5.22. The molecule has 0 aromatic heterocycles. The van der Waals surface area contributed by atoms with Crippen LogP contribution in [0.2, 0.25) is 0 Å². The Labute approximate surface area is 61.4 Å². The molecule has 0 spiro atoms. The van der Waals surface area contributed by atoms with E-state index in [1.54, 1.807) is 6.08 Å². The number of allylic oxidation sites excluding steroid dienone is 2. The predicted molar refractivity (Wildman–Crippen MR) is 42.3 cm³/mol. The molecule has 1 nitrogen and oxygen atoms in total. The van der Waals surface area contributed by atoms with Crippen molar-refractivity contribution in [2.75, 3.05) is 6.54 Å². The Morgan fingerprint density at radius 2 is 2.20 bits per heavy atom. The van der Waals surface area contributed by atoms with Crippen molar-refractivity contribution in [2.45, 2.75) is 20.3 Å². The van der Waals surface area contributed by atoms with E-state index in [9.17, 15) is 4.39 Å². The van der Waals surface area contributed by atoms with Gasteiger partial charge in [0.15, 0.2) is 0 Å². The lowest BCUT2D eigenvalue weighted by molar-refractivity contribution is 0.628. The molecule has 0 atom stereocenters. The molecule has 0 aromatic rings. The maximum absolute atomic E-state index is 12.4. The lowest BCUT2D eigenvalue weighted by Gasteiger charge is -1.95. The number of nitrogens with two attached hydrogens (primary N) is 1. The van der Waals surface area contributed by atoms with E-state index in [1.165, 1.54) is 6.92 Å². The van der Waals surface area contributed by atoms with Crippen molar-refractivity contribution in [2.24, 2.45) is 5.73 Å². The molecule has 2 N–H and O–H groups in total. The van der Waals surface area contributed by atoms with Crippen molar-refractivity contribution in [1.82, 2.24) is 0 Å². The van der Waals surface area contributed by atoms with Gasteiger partial charge >= 0.3 is 0 Å². The van der Waals surface area contributed by atoms with Crippen molar-refractivity contribution in [3.05, 3.63) is 23.6 Å². The Kier molecular flexibility index (Phi) is 4.85. The summed E-state index contributed by atoms with van der Waals surface area (Å²) in [5.41, 5.74) is 5.85. The van der Waals surface area contributed by atoms with Gasteiger partial charge in [-0.25, -0.2) is 4.39 Å². The zero-order valence-electron chi connectivity index (χ0n) is 6.52. The SMILES string of the molecule is CC/C=C\C(CN)=C(/C)F. The van der Waals surface area contributed by atoms with Crippen LogP contribution in [0.25, 0.3) is 0 Å². The summed E-state index contributed by atoms with van der Waals surface area (Å²) in [4.78, 5) is 0. The number of hydrogen-bond donors (Lipinski definition) is 1. The lowest BCUT2D eigenvalue weighted by Crippen LogP contribution is -2.01. The predicted octanol–water partition coefficient (Wildman–Crippen LogP) is 2.15. The van der Waals surface area contributed by atoms with Crippen molar-refractivity contribution < 1.29 is 4.39 Å². The second-order valence-electron chi connectivity index (χ2n) is 2.07. The zero-order chi connectivity index (χ0) is 7.98. The van der Waals surface area contributed by atoms with E-state index >= 15 is 0 Å². The van der Waals surface area contributed by atoms with Crippen LogP contribution in [0, 0.1) is 0 Å². The van der Waals surface area contributed by atoms with Crippen LogP contribution in [0.1, 0.15) is 20.3 Å². The molecule has 0 aliphatic carbocycles. The van der Waals surface area contributed by atoms with Gasteiger partial charge in [-0.2, -0.15) is 0 Å². The van der Waals surface area contributed by atoms with Crippen LogP contribution < -0.4 is 5.73 Å². The van der Waals surface area contributed by atoms with Crippen LogP contribution in [-0.2, 0) is 0 Å². The molecule has 0 aromatic carbocycles. The molecule has 2 heteroatoms. The molecule has 0 rings (SSSR count). The van der Waals surface area contributed by atoms with Gasteiger partial charge in [-0.05, 0) is 18.9 Å². The minimum absolute atomic E-state index is 0.188. The first-order chi connectivity index (χ1) is 4.72. The molecule has 0 saturated carbocycles. The highest BCUT2D eigenvalue weighted by Crippen LogP contribution is 2.05. The average Bonchev–Trinajstić information content (AvgIpc) is 1.89. The van der Waals surface area contributed by atoms with Crippen LogP contribution in [0.5, 0.6) is 0 Å². The maximum atomic E-state index is 12.4. The Hall–Kier alpha value is -0.630. The van der Waals surface area contributed by atoms with E-state index in [0.717, 1.165) is 6.42 Å². The first-order valence-electron chi connectivity index (χ1n) is 3.44. The smallest absolute Gasteiger partial charge is 0.101 e. The highest BCUT2D eigenvalue weighted by atomic mass is 19.1. The molecule has 0 heterocycles. The average molecular weight is 143 g/mol. The molecule has 0 aliphatic heterocycles. The largest absolute Gasteiger partial charge is 0.326 e. The van der Waals surface area contributed by atoms with Gasteiger partial charge < -0.3 is 5.73 Å². The number of hydrogen-bond acceptors (Lipinski definition) is 1. The molecule has 0 fully saturated rings. The Bertz CT molecular complexity index is 143. The fourth-order valence-electron chi connectivity index (χ4n) is 0.584. The van der Waals surface area contributed by atoms with Crippen LogP contribution in [0.3, 0.4) is 0 Å². The van der Waals surface area contributed by atoms with Crippen LogP contribution in [-0.4, -0.2) is 6.54 Å². The van der Waals surface area contributed by atoms with Crippen molar-refractivity contribution >= 4 is 0 Å². The van der Waals surface area contributed by atoms with E-state index in [0.29, 0.717) is 5.57 Å². The quantitative estimate of drug-likeness (QED) is 0.602. The molecular weight excluding hydrogens is 129 g/mol. The monoisotopic (exact) mass is 143 g/mol. The minimum atomic E-state index is -0.188. The standard InChI is InChI=1S/C8H14FN/c1-3-4-5-8(6-10)7(2)9/h4-5H,3,6,10H2,1-2H3/b5-4-,8-7-. The second kappa shape index (κ2) is 5.18. The normalized spacial score (nSPS) is 14.0. The van der Waals surface area contributed by atoms with E-state index in [1.807, 2.05) is 13.0 Å². The minimum Gasteiger partial charge on any atom is -0.326 e. The van der Waals surface area contributed by atoms with E-state index in [2.05, 4.69) is 0 Å². The van der Waals surface area contributed by atoms with Gasteiger partial charge in [0, 0.05) is 6.54 Å². The molecule has 0 radical (unpaired) electrons. The van der Waals surface area contributed by atoms with Crippen LogP contribution >= 0.6 is 0 Å². The Morgan fingerprint density at radius 1 is 1.60 bits per heavy atom. The van der Waals surface area contributed by atoms with Gasteiger partial charge in [0.05, 0.1) is 0 Å². The maximum Gasteiger partial charge on any atom is 0.101 e. The van der Waals surface area contributed by atoms with Gasteiger partial charge in [0.25, 0.3) is 0 Å². The van der Waals surface area contributed by atoms with Crippen molar-refractivity contribution in [3.8, 4) is 0 Å². The van der Waals surface area contributed by atoms with Crippen LogP contribution in [0.4, 0.5) is 4.39 Å². The molecule has 0 aliphatic rings. The third-order valence-electron chi connectivity index (χ3n) is 1.22. The number of halogens is 1. The molecule has 0 unspecified atom stereocenters. The van der Waals surface area contributed by atoms with E-state index < -0.39 is 0 Å². The molecule has 0 bridgehead atoms. The summed E-state index contributed by atoms with van der Waals surface area (Å²) in [5, 5.41) is 0. The summed E-state index contributed by atoms with van der Waals surface area (Å²) >= 11 is 0. The first kappa shape index (κ1) is 9.37. The third-order valence-corrected chi connectivity index (χ3v) is 1.22. The number of rotatable bonds is 3. The third kappa shape index (κ3) is 3.41. The van der Waals surface area contributed by atoms with Gasteiger partial charge in [0.1, 0.15) is 5.83 Å². The molecule has 10 heavy (non-hydrogen) atoms. The lowest BCUT2D eigenvalue weighted by atomic mass is 10.2. The summed E-state index contributed by atoms with van der Waals surface area (Å²) in [5.74, 6) is -0.188. The fraction of sp³-hybridized carbons (Fsp3) is 0.500. The van der Waals surface area contributed by atoms with Gasteiger partial charge in [-0.3, -0.25) is 0 Å². The van der Waals surface area contributed by atoms with Gasteiger partial charge in [-0.15, -0.1) is 0 Å². The molecule has 0 amide bonds. The van der Waals surface area contributed by atoms with Crippen molar-refractivity contribution in [3.63, 3.8) is 0 Å². The van der Waals surface area contributed by atoms with E-state index in [4.69, 9.17) is 5.73 Å². The van der Waals surface area contributed by atoms with Gasteiger partial charge in [0.2, 0.25) is 0 Å². The summed E-state index contributed by atoms with van der Waals surface area (Å²) in [6.07, 6.45) is 4.54. The summed E-state index contributed by atoms with van der Waals surface area (Å²) in [6, 6.07) is 0. The Morgan fingerprint density at radius 3 is 2.50 bits per heavy atom. The highest BCUT2D eigenvalue weighted by Gasteiger charge is 1.92. The summed E-state index contributed by atoms with van der Waals surface area (Å²) < 4.78 is 12.4. The first-order valence-corrected chi connectivity index (χ1v) is 3.44. The molecule has 58 valence electrons. The summed E-state index contributed by atoms with van der Waals surface area (Å²) in [7, 11) is 0. The molecular formula is C8H14FN. The second-order valence-corrected chi connectivity index (χ2v) is 2.07. The summed E-state index contributed by atoms with van der Waals surface area (Å²) in [6.45, 7) is 3.69. The van der Waals surface area contributed by atoms with Crippen molar-refractivity contribution in [1.29, 1.82) is 0 Å². The van der Waals surface area contributed by atoms with Gasteiger partial charge in [-0.1, -0.05) is 19.1 Å². The fourth-order valence-corrected chi connectivity index (χ4v) is 0.584.